The minimum absolute atomic E-state index is 0.165. The lowest BCUT2D eigenvalue weighted by atomic mass is 9.97. The highest BCUT2D eigenvalue weighted by atomic mass is 32.2. The standard InChI is InChI=1S/C27H32N2O3S/c1-4-23(18-24-10-6-5-7-11-24)19-28-27(30)20-29(25-12-8-9-22(3)17-25)33(31,32)26-15-13-21(2)14-16-26/h5-17,23H,4,18-20H2,1-3H3,(H,28,30). The van der Waals surface area contributed by atoms with Crippen molar-refractivity contribution in [3.05, 3.63) is 95.6 Å². The van der Waals surface area contributed by atoms with Crippen LogP contribution in [-0.2, 0) is 21.2 Å². The van der Waals surface area contributed by atoms with Crippen LogP contribution >= 0.6 is 0 Å². The minimum atomic E-state index is -3.90. The zero-order chi connectivity index (χ0) is 23.8. The predicted octanol–water partition coefficient (Wildman–Crippen LogP) is 4.88. The maximum atomic E-state index is 13.5. The lowest BCUT2D eigenvalue weighted by Gasteiger charge is -2.25. The number of hydrogen-bond acceptors (Lipinski definition) is 3. The van der Waals surface area contributed by atoms with Gasteiger partial charge in [0, 0.05) is 6.54 Å². The second-order valence-electron chi connectivity index (χ2n) is 8.43. The van der Waals surface area contributed by atoms with E-state index in [9.17, 15) is 13.2 Å². The van der Waals surface area contributed by atoms with Crippen LogP contribution in [0.15, 0.2) is 83.8 Å². The smallest absolute Gasteiger partial charge is 0.264 e. The summed E-state index contributed by atoms with van der Waals surface area (Å²) in [6.07, 6.45) is 1.78. The lowest BCUT2D eigenvalue weighted by Crippen LogP contribution is -2.42. The SMILES string of the molecule is CCC(CNC(=O)CN(c1cccc(C)c1)S(=O)(=O)c1ccc(C)cc1)Cc1ccccc1. The van der Waals surface area contributed by atoms with Gasteiger partial charge in [0.05, 0.1) is 10.6 Å². The van der Waals surface area contributed by atoms with Gasteiger partial charge in [-0.3, -0.25) is 9.10 Å². The van der Waals surface area contributed by atoms with Crippen molar-refractivity contribution < 1.29 is 13.2 Å². The quantitative estimate of drug-likeness (QED) is 0.465. The Morgan fingerprint density at radius 3 is 2.24 bits per heavy atom. The van der Waals surface area contributed by atoms with Gasteiger partial charge in [0.1, 0.15) is 6.54 Å². The van der Waals surface area contributed by atoms with Crippen LogP contribution in [-0.4, -0.2) is 27.4 Å². The molecule has 0 fully saturated rings. The van der Waals surface area contributed by atoms with E-state index in [1.807, 2.05) is 38.1 Å². The first-order chi connectivity index (χ1) is 15.8. The average molecular weight is 465 g/mol. The van der Waals surface area contributed by atoms with Crippen LogP contribution in [0.3, 0.4) is 0 Å². The summed E-state index contributed by atoms with van der Waals surface area (Å²) < 4.78 is 28.1. The maximum absolute atomic E-state index is 13.5. The number of nitrogens with one attached hydrogen (secondary N) is 1. The molecule has 0 bridgehead atoms. The Bertz CT molecular complexity index is 1160. The van der Waals surface area contributed by atoms with E-state index < -0.39 is 10.0 Å². The van der Waals surface area contributed by atoms with E-state index in [-0.39, 0.29) is 23.3 Å². The molecule has 0 spiro atoms. The second kappa shape index (κ2) is 11.1. The van der Waals surface area contributed by atoms with Gasteiger partial charge < -0.3 is 5.32 Å². The van der Waals surface area contributed by atoms with E-state index >= 15 is 0 Å². The summed E-state index contributed by atoms with van der Waals surface area (Å²) in [6.45, 7) is 6.12. The summed E-state index contributed by atoms with van der Waals surface area (Å²) >= 11 is 0. The lowest BCUT2D eigenvalue weighted by molar-refractivity contribution is -0.119. The van der Waals surface area contributed by atoms with Crippen molar-refractivity contribution in [2.24, 2.45) is 5.92 Å². The molecule has 0 heterocycles. The zero-order valence-corrected chi connectivity index (χ0v) is 20.3. The molecule has 1 amide bonds. The van der Waals surface area contributed by atoms with Crippen LogP contribution in [0, 0.1) is 19.8 Å². The van der Waals surface area contributed by atoms with Crippen molar-refractivity contribution in [2.75, 3.05) is 17.4 Å². The monoisotopic (exact) mass is 464 g/mol. The van der Waals surface area contributed by atoms with E-state index in [1.165, 1.54) is 9.87 Å². The molecule has 1 atom stereocenters. The van der Waals surface area contributed by atoms with E-state index in [2.05, 4.69) is 24.4 Å². The molecule has 0 aromatic heterocycles. The third-order valence-corrected chi connectivity index (χ3v) is 7.51. The summed E-state index contributed by atoms with van der Waals surface area (Å²) in [5.41, 5.74) is 3.59. The normalized spacial score (nSPS) is 12.2. The Morgan fingerprint density at radius 2 is 1.61 bits per heavy atom. The van der Waals surface area contributed by atoms with Gasteiger partial charge in [-0.1, -0.05) is 73.5 Å². The number of benzene rings is 3. The number of amides is 1. The molecule has 0 aliphatic carbocycles. The van der Waals surface area contributed by atoms with E-state index in [4.69, 9.17) is 0 Å². The fourth-order valence-electron chi connectivity index (χ4n) is 3.69. The van der Waals surface area contributed by atoms with Crippen LogP contribution < -0.4 is 9.62 Å². The number of sulfonamides is 1. The van der Waals surface area contributed by atoms with Crippen LogP contribution in [0.2, 0.25) is 0 Å². The molecule has 0 aliphatic rings. The van der Waals surface area contributed by atoms with Gasteiger partial charge in [-0.2, -0.15) is 0 Å². The molecule has 0 radical (unpaired) electrons. The average Bonchev–Trinajstić information content (AvgIpc) is 2.81. The highest BCUT2D eigenvalue weighted by Crippen LogP contribution is 2.24. The molecule has 3 aromatic rings. The van der Waals surface area contributed by atoms with Gasteiger partial charge in [0.15, 0.2) is 0 Å². The summed E-state index contributed by atoms with van der Waals surface area (Å²) in [6, 6.07) is 24.1. The van der Waals surface area contributed by atoms with Gasteiger partial charge in [-0.15, -0.1) is 0 Å². The van der Waals surface area contributed by atoms with E-state index in [0.29, 0.717) is 12.2 Å². The zero-order valence-electron chi connectivity index (χ0n) is 19.5. The molecule has 1 N–H and O–H groups in total. The van der Waals surface area contributed by atoms with Crippen LogP contribution in [0.5, 0.6) is 0 Å². The Labute approximate surface area is 197 Å². The molecule has 3 rings (SSSR count). The van der Waals surface area contributed by atoms with Crippen molar-refractivity contribution in [3.8, 4) is 0 Å². The second-order valence-corrected chi connectivity index (χ2v) is 10.3. The van der Waals surface area contributed by atoms with Crippen molar-refractivity contribution in [3.63, 3.8) is 0 Å². The van der Waals surface area contributed by atoms with Crippen LogP contribution in [0.1, 0.15) is 30.0 Å². The number of anilines is 1. The first-order valence-corrected chi connectivity index (χ1v) is 12.7. The van der Waals surface area contributed by atoms with Gasteiger partial charge in [0.25, 0.3) is 10.0 Å². The van der Waals surface area contributed by atoms with Crippen molar-refractivity contribution in [2.45, 2.75) is 38.5 Å². The van der Waals surface area contributed by atoms with Gasteiger partial charge in [-0.25, -0.2) is 8.42 Å². The molecule has 1 unspecified atom stereocenters. The molecular formula is C27H32N2O3S. The summed E-state index contributed by atoms with van der Waals surface area (Å²) in [5, 5.41) is 2.96. The van der Waals surface area contributed by atoms with Gasteiger partial charge in [-0.05, 0) is 61.6 Å². The van der Waals surface area contributed by atoms with Crippen molar-refractivity contribution in [1.82, 2.24) is 5.32 Å². The third-order valence-electron chi connectivity index (χ3n) is 5.72. The molecule has 0 saturated carbocycles. The van der Waals surface area contributed by atoms with Crippen molar-refractivity contribution >= 4 is 21.6 Å². The minimum Gasteiger partial charge on any atom is -0.354 e. The molecule has 0 aliphatic heterocycles. The van der Waals surface area contributed by atoms with Gasteiger partial charge >= 0.3 is 0 Å². The van der Waals surface area contributed by atoms with Crippen LogP contribution in [0.25, 0.3) is 0 Å². The number of rotatable bonds is 10. The third kappa shape index (κ3) is 6.68. The van der Waals surface area contributed by atoms with Crippen molar-refractivity contribution in [1.29, 1.82) is 0 Å². The molecular weight excluding hydrogens is 432 g/mol. The number of carbonyl (C=O) groups is 1. The van der Waals surface area contributed by atoms with Gasteiger partial charge in [0.2, 0.25) is 5.91 Å². The molecule has 3 aromatic carbocycles. The van der Waals surface area contributed by atoms with E-state index in [1.54, 1.807) is 42.5 Å². The maximum Gasteiger partial charge on any atom is 0.264 e. The Morgan fingerprint density at radius 1 is 0.909 bits per heavy atom. The van der Waals surface area contributed by atoms with E-state index in [0.717, 1.165) is 24.0 Å². The Hall–Kier alpha value is -3.12. The number of aryl methyl sites for hydroxylation is 2. The summed E-state index contributed by atoms with van der Waals surface area (Å²) in [5.74, 6) is -0.0452. The molecule has 5 nitrogen and oxygen atoms in total. The number of nitrogens with zero attached hydrogens (tertiary/aromatic N) is 1. The molecule has 33 heavy (non-hydrogen) atoms. The highest BCUT2D eigenvalue weighted by molar-refractivity contribution is 7.92. The molecule has 0 saturated heterocycles. The first kappa shape index (κ1) is 24.5. The highest BCUT2D eigenvalue weighted by Gasteiger charge is 2.27. The summed E-state index contributed by atoms with van der Waals surface area (Å²) in [7, 11) is -3.90. The Kier molecular flexibility index (Phi) is 8.28. The van der Waals surface area contributed by atoms with Crippen LogP contribution in [0.4, 0.5) is 5.69 Å². The fraction of sp³-hybridized carbons (Fsp3) is 0.296. The topological polar surface area (TPSA) is 66.5 Å². The largest absolute Gasteiger partial charge is 0.354 e. The number of carbonyl (C=O) groups excluding carboxylic acids is 1. The number of hydrogen-bond donors (Lipinski definition) is 1. The molecule has 174 valence electrons. The predicted molar refractivity (Wildman–Crippen MR) is 134 cm³/mol. The molecule has 6 heteroatoms. The first-order valence-electron chi connectivity index (χ1n) is 11.3. The summed E-state index contributed by atoms with van der Waals surface area (Å²) in [4.78, 5) is 13.1. The Balaban J connectivity index is 1.77. The fourth-order valence-corrected chi connectivity index (χ4v) is 5.10.